The van der Waals surface area contributed by atoms with E-state index in [1.807, 2.05) is 25.7 Å². The molecule has 23 heavy (non-hydrogen) atoms. The maximum Gasteiger partial charge on any atom is 0.341 e. The summed E-state index contributed by atoms with van der Waals surface area (Å²) in [4.78, 5) is 25.2. The Morgan fingerprint density at radius 1 is 1.35 bits per heavy atom. The van der Waals surface area contributed by atoms with Crippen LogP contribution in [0.15, 0.2) is 12.1 Å². The van der Waals surface area contributed by atoms with Crippen molar-refractivity contribution in [1.29, 1.82) is 0 Å². The summed E-state index contributed by atoms with van der Waals surface area (Å²) in [6.07, 6.45) is 0.857. The molecule has 1 amide bonds. The van der Waals surface area contributed by atoms with Crippen molar-refractivity contribution in [2.75, 3.05) is 26.3 Å². The van der Waals surface area contributed by atoms with Crippen molar-refractivity contribution in [3.63, 3.8) is 0 Å². The predicted octanol–water partition coefficient (Wildman–Crippen LogP) is 2.02. The van der Waals surface area contributed by atoms with Gasteiger partial charge >= 0.3 is 5.97 Å². The molecule has 1 aromatic carbocycles. The number of hydrogen-bond donors (Lipinski definition) is 1. The molecule has 1 atom stereocenters. The van der Waals surface area contributed by atoms with Crippen molar-refractivity contribution < 1.29 is 24.2 Å². The van der Waals surface area contributed by atoms with Gasteiger partial charge in [0.25, 0.3) is 5.91 Å². The molecule has 1 fully saturated rings. The first-order valence-corrected chi connectivity index (χ1v) is 7.75. The lowest BCUT2D eigenvalue weighted by Crippen LogP contribution is -2.36. The number of carbonyl (C=O) groups excluding carboxylic acids is 1. The van der Waals surface area contributed by atoms with Crippen molar-refractivity contribution in [3.05, 3.63) is 28.8 Å². The monoisotopic (exact) mass is 321 g/mol. The van der Waals surface area contributed by atoms with E-state index >= 15 is 0 Å². The number of aliphatic carboxylic acids is 1. The van der Waals surface area contributed by atoms with Gasteiger partial charge in [0.15, 0.2) is 6.61 Å². The molecule has 1 aromatic rings. The summed E-state index contributed by atoms with van der Waals surface area (Å²) in [5, 5.41) is 8.72. The van der Waals surface area contributed by atoms with Gasteiger partial charge in [-0.2, -0.15) is 0 Å². The molecule has 0 aromatic heterocycles. The first-order chi connectivity index (χ1) is 10.9. The van der Waals surface area contributed by atoms with Gasteiger partial charge in [-0.1, -0.05) is 0 Å². The van der Waals surface area contributed by atoms with Crippen molar-refractivity contribution >= 4 is 11.9 Å². The molecule has 1 unspecified atom stereocenters. The van der Waals surface area contributed by atoms with E-state index in [4.69, 9.17) is 14.6 Å². The van der Waals surface area contributed by atoms with E-state index in [0.29, 0.717) is 31.0 Å². The standard InChI is InChI=1S/C17H23NO5/c1-11-7-14(8-12(2)16(11)23-10-15(19)20)17(21)18-5-4-6-22-13(3)9-18/h7-8,13H,4-6,9-10H2,1-3H3,(H,19,20). The van der Waals surface area contributed by atoms with Crippen LogP contribution in [0, 0.1) is 13.8 Å². The molecule has 6 nitrogen and oxygen atoms in total. The third-order valence-corrected chi connectivity index (χ3v) is 3.79. The zero-order chi connectivity index (χ0) is 17.0. The van der Waals surface area contributed by atoms with Gasteiger partial charge < -0.3 is 19.5 Å². The van der Waals surface area contributed by atoms with Crippen LogP contribution < -0.4 is 4.74 Å². The fourth-order valence-electron chi connectivity index (χ4n) is 2.80. The van der Waals surface area contributed by atoms with Crippen molar-refractivity contribution in [2.45, 2.75) is 33.3 Å². The summed E-state index contributed by atoms with van der Waals surface area (Å²) < 4.78 is 10.9. The van der Waals surface area contributed by atoms with Crippen molar-refractivity contribution in [1.82, 2.24) is 4.90 Å². The molecular weight excluding hydrogens is 298 g/mol. The number of amides is 1. The molecule has 126 valence electrons. The second-order valence-corrected chi connectivity index (χ2v) is 5.91. The zero-order valence-electron chi connectivity index (χ0n) is 13.8. The summed E-state index contributed by atoms with van der Waals surface area (Å²) in [5.41, 5.74) is 2.11. The average molecular weight is 321 g/mol. The highest BCUT2D eigenvalue weighted by Gasteiger charge is 2.22. The number of hydrogen-bond acceptors (Lipinski definition) is 4. The number of carboxylic acid groups (broad SMARTS) is 1. The number of rotatable bonds is 4. The predicted molar refractivity (Wildman–Crippen MR) is 85.0 cm³/mol. The third kappa shape index (κ3) is 4.45. The SMILES string of the molecule is Cc1cc(C(=O)N2CCCOC(C)C2)cc(C)c1OCC(=O)O. The molecule has 0 aliphatic carbocycles. The molecule has 1 aliphatic heterocycles. The van der Waals surface area contributed by atoms with Gasteiger partial charge in [0, 0.05) is 25.3 Å². The van der Waals surface area contributed by atoms with E-state index in [1.165, 1.54) is 0 Å². The van der Waals surface area contributed by atoms with Crippen LogP contribution in [0.25, 0.3) is 0 Å². The first kappa shape index (κ1) is 17.3. The second-order valence-electron chi connectivity index (χ2n) is 5.91. The summed E-state index contributed by atoms with van der Waals surface area (Å²) in [6.45, 7) is 7.13. The van der Waals surface area contributed by atoms with Gasteiger partial charge in [0.2, 0.25) is 0 Å². The fraction of sp³-hybridized carbons (Fsp3) is 0.529. The summed E-state index contributed by atoms with van der Waals surface area (Å²) in [6, 6.07) is 3.51. The van der Waals surface area contributed by atoms with Gasteiger partial charge in [0.05, 0.1) is 6.10 Å². The minimum Gasteiger partial charge on any atom is -0.481 e. The van der Waals surface area contributed by atoms with Gasteiger partial charge in [-0.3, -0.25) is 4.79 Å². The number of ether oxygens (including phenoxy) is 2. The number of nitrogens with zero attached hydrogens (tertiary/aromatic N) is 1. The lowest BCUT2D eigenvalue weighted by molar-refractivity contribution is -0.139. The Balaban J connectivity index is 2.19. The molecule has 0 radical (unpaired) electrons. The van der Waals surface area contributed by atoms with Crippen molar-refractivity contribution in [2.24, 2.45) is 0 Å². The highest BCUT2D eigenvalue weighted by Crippen LogP contribution is 2.26. The Bertz CT molecular complexity index is 576. The maximum atomic E-state index is 12.7. The molecule has 0 spiro atoms. The molecule has 1 saturated heterocycles. The van der Waals surface area contributed by atoms with E-state index in [-0.39, 0.29) is 12.0 Å². The Morgan fingerprint density at radius 3 is 2.61 bits per heavy atom. The van der Waals surface area contributed by atoms with Gasteiger partial charge in [-0.15, -0.1) is 0 Å². The highest BCUT2D eigenvalue weighted by atomic mass is 16.5. The first-order valence-electron chi connectivity index (χ1n) is 7.75. The summed E-state index contributed by atoms with van der Waals surface area (Å²) in [7, 11) is 0. The smallest absolute Gasteiger partial charge is 0.341 e. The second kappa shape index (κ2) is 7.46. The molecule has 0 bridgehead atoms. The number of carbonyl (C=O) groups is 2. The van der Waals surface area contributed by atoms with E-state index in [9.17, 15) is 9.59 Å². The Labute approximate surface area is 136 Å². The third-order valence-electron chi connectivity index (χ3n) is 3.79. The number of aryl methyl sites for hydroxylation is 2. The van der Waals surface area contributed by atoms with E-state index in [2.05, 4.69) is 0 Å². The molecule has 1 N–H and O–H groups in total. The summed E-state index contributed by atoms with van der Waals surface area (Å²) in [5.74, 6) is -0.530. The van der Waals surface area contributed by atoms with E-state index < -0.39 is 12.6 Å². The molecule has 1 aliphatic rings. The Morgan fingerprint density at radius 2 is 2.00 bits per heavy atom. The molecule has 2 rings (SSSR count). The van der Waals surface area contributed by atoms with Gasteiger partial charge in [0.1, 0.15) is 5.75 Å². The van der Waals surface area contributed by atoms with Crippen LogP contribution in [-0.4, -0.2) is 54.3 Å². The van der Waals surface area contributed by atoms with Crippen LogP contribution in [-0.2, 0) is 9.53 Å². The lowest BCUT2D eigenvalue weighted by Gasteiger charge is -2.23. The van der Waals surface area contributed by atoms with Crippen LogP contribution >= 0.6 is 0 Å². The topological polar surface area (TPSA) is 76.1 Å². The van der Waals surface area contributed by atoms with E-state index in [1.54, 1.807) is 12.1 Å². The van der Waals surface area contributed by atoms with E-state index in [0.717, 1.165) is 17.5 Å². The van der Waals surface area contributed by atoms with Gasteiger partial charge in [-0.05, 0) is 50.5 Å². The maximum absolute atomic E-state index is 12.7. The Hall–Kier alpha value is -2.08. The fourth-order valence-corrected chi connectivity index (χ4v) is 2.80. The molecule has 0 saturated carbocycles. The normalized spacial score (nSPS) is 18.4. The quantitative estimate of drug-likeness (QED) is 0.918. The highest BCUT2D eigenvalue weighted by molar-refractivity contribution is 5.95. The van der Waals surface area contributed by atoms with Crippen molar-refractivity contribution in [3.8, 4) is 5.75 Å². The average Bonchev–Trinajstić information content (AvgIpc) is 2.69. The zero-order valence-corrected chi connectivity index (χ0v) is 13.8. The number of benzene rings is 1. The Kier molecular flexibility index (Phi) is 5.60. The molecular formula is C17H23NO5. The summed E-state index contributed by atoms with van der Waals surface area (Å²) >= 11 is 0. The lowest BCUT2D eigenvalue weighted by atomic mass is 10.0. The van der Waals surface area contributed by atoms with Crippen LogP contribution in [0.1, 0.15) is 34.8 Å². The van der Waals surface area contributed by atoms with Crippen LogP contribution in [0.4, 0.5) is 0 Å². The minimum atomic E-state index is -1.03. The molecule has 1 heterocycles. The van der Waals surface area contributed by atoms with Gasteiger partial charge in [-0.25, -0.2) is 4.79 Å². The molecule has 6 heteroatoms. The van der Waals surface area contributed by atoms with Crippen LogP contribution in [0.3, 0.4) is 0 Å². The van der Waals surface area contributed by atoms with Crippen LogP contribution in [0.2, 0.25) is 0 Å². The number of carboxylic acids is 1. The minimum absolute atomic E-state index is 0.0293. The van der Waals surface area contributed by atoms with Crippen LogP contribution in [0.5, 0.6) is 5.75 Å². The largest absolute Gasteiger partial charge is 0.481 e.